The van der Waals surface area contributed by atoms with Gasteiger partial charge in [0, 0.05) is 5.57 Å². The number of cyclic esters (lactones) is 1. The van der Waals surface area contributed by atoms with E-state index in [4.69, 9.17) is 9.47 Å². The summed E-state index contributed by atoms with van der Waals surface area (Å²) in [6.07, 6.45) is 31.8. The molecule has 0 amide bonds. The second kappa shape index (κ2) is 22.4. The van der Waals surface area contributed by atoms with Crippen LogP contribution >= 0.6 is 0 Å². The first-order chi connectivity index (χ1) is 19.5. The number of carbonyl (C=O) groups excluding carboxylic acids is 1. The molecule has 40 heavy (non-hydrogen) atoms. The number of hydrogen-bond donors (Lipinski definition) is 2. The lowest BCUT2D eigenvalue weighted by Gasteiger charge is -2.22. The largest absolute Gasteiger partial charge is 0.455 e. The van der Waals surface area contributed by atoms with Crippen LogP contribution in [0.5, 0.6) is 0 Å². The van der Waals surface area contributed by atoms with E-state index in [1.165, 1.54) is 89.9 Å². The van der Waals surface area contributed by atoms with E-state index in [1.54, 1.807) is 0 Å². The maximum absolute atomic E-state index is 11.6. The van der Waals surface area contributed by atoms with Crippen LogP contribution in [0, 0.1) is 0 Å². The summed E-state index contributed by atoms with van der Waals surface area (Å²) in [6, 6.07) is 0. The molecule has 2 heterocycles. The SMILES string of the molecule is CCCCCCCCCCCC[C@H](O)[C@@H]1CC[C@H]([C@H](O)CCCCCCCCC/C=C/CC2=C[C@H](C)OC2=O)O1. The van der Waals surface area contributed by atoms with Gasteiger partial charge in [0.1, 0.15) is 6.10 Å². The number of aliphatic hydroxyl groups is 2. The molecule has 5 atom stereocenters. The van der Waals surface area contributed by atoms with Crippen molar-refractivity contribution in [1.29, 1.82) is 0 Å². The van der Waals surface area contributed by atoms with Crippen molar-refractivity contribution in [2.75, 3.05) is 0 Å². The molecule has 5 heteroatoms. The van der Waals surface area contributed by atoms with Crippen LogP contribution in [-0.2, 0) is 14.3 Å². The molecule has 2 rings (SSSR count). The number of ether oxygens (including phenoxy) is 2. The number of esters is 1. The normalized spacial score (nSPS) is 22.6. The van der Waals surface area contributed by atoms with Crippen LogP contribution in [0.2, 0.25) is 0 Å². The van der Waals surface area contributed by atoms with Crippen molar-refractivity contribution in [2.45, 2.75) is 192 Å². The standard InChI is InChI=1S/C35H62O5/c1-3-4-5-6-7-8-12-15-18-21-24-31(36)33-26-27-34(40-33)32(37)25-22-19-16-13-10-9-11-14-17-20-23-30-28-29(2)39-35(30)38/h17,20,28-29,31-34,36-37H,3-16,18-19,21-27H2,1-2H3/b20-17+/t29-,31-,32+,33-,34+/m0/s1. The summed E-state index contributed by atoms with van der Waals surface area (Å²) in [5.41, 5.74) is 0.783. The molecule has 0 aliphatic carbocycles. The van der Waals surface area contributed by atoms with E-state index in [-0.39, 0.29) is 30.4 Å². The Morgan fingerprint density at radius 1 is 0.750 bits per heavy atom. The molecule has 1 saturated heterocycles. The van der Waals surface area contributed by atoms with E-state index in [0.29, 0.717) is 6.42 Å². The Balaban J connectivity index is 1.37. The van der Waals surface area contributed by atoms with Gasteiger partial charge in [-0.15, -0.1) is 0 Å². The zero-order valence-electron chi connectivity index (χ0n) is 26.0. The molecule has 0 aromatic rings. The summed E-state index contributed by atoms with van der Waals surface area (Å²) >= 11 is 0. The maximum Gasteiger partial charge on any atom is 0.334 e. The topological polar surface area (TPSA) is 76.0 Å². The summed E-state index contributed by atoms with van der Waals surface area (Å²) in [4.78, 5) is 11.6. The number of carbonyl (C=O) groups is 1. The molecule has 0 aromatic carbocycles. The highest BCUT2D eigenvalue weighted by atomic mass is 16.5. The molecule has 2 N–H and O–H groups in total. The molecule has 0 radical (unpaired) electrons. The predicted molar refractivity (Wildman–Crippen MR) is 165 cm³/mol. The van der Waals surface area contributed by atoms with Gasteiger partial charge >= 0.3 is 5.97 Å². The van der Waals surface area contributed by atoms with Crippen LogP contribution in [0.3, 0.4) is 0 Å². The van der Waals surface area contributed by atoms with Gasteiger partial charge in [-0.2, -0.15) is 0 Å². The van der Waals surface area contributed by atoms with Crippen molar-refractivity contribution in [1.82, 2.24) is 0 Å². The highest BCUT2D eigenvalue weighted by molar-refractivity contribution is 5.91. The lowest BCUT2D eigenvalue weighted by atomic mass is 10.00. The molecule has 0 spiro atoms. The molecule has 2 aliphatic rings. The molecular formula is C35H62O5. The minimum Gasteiger partial charge on any atom is -0.455 e. The highest BCUT2D eigenvalue weighted by Crippen LogP contribution is 2.28. The number of allylic oxidation sites excluding steroid dienone is 2. The van der Waals surface area contributed by atoms with Crippen molar-refractivity contribution in [2.24, 2.45) is 0 Å². The van der Waals surface area contributed by atoms with E-state index in [0.717, 1.165) is 56.9 Å². The van der Waals surface area contributed by atoms with Crippen LogP contribution in [0.1, 0.15) is 162 Å². The van der Waals surface area contributed by atoms with Crippen molar-refractivity contribution < 1.29 is 24.5 Å². The number of unbranched alkanes of at least 4 members (excludes halogenated alkanes) is 16. The molecule has 5 nitrogen and oxygen atoms in total. The lowest BCUT2D eigenvalue weighted by Crippen LogP contribution is -2.31. The second-order valence-electron chi connectivity index (χ2n) is 12.4. The molecule has 0 saturated carbocycles. The van der Waals surface area contributed by atoms with Crippen molar-refractivity contribution in [3.8, 4) is 0 Å². The molecule has 0 bridgehead atoms. The fourth-order valence-electron chi connectivity index (χ4n) is 6.08. The summed E-state index contributed by atoms with van der Waals surface area (Å²) < 4.78 is 11.2. The third-order valence-corrected chi connectivity index (χ3v) is 8.66. The van der Waals surface area contributed by atoms with Gasteiger partial charge in [0.25, 0.3) is 0 Å². The highest BCUT2D eigenvalue weighted by Gasteiger charge is 2.34. The Kier molecular flexibility index (Phi) is 19.6. The molecule has 0 unspecified atom stereocenters. The smallest absolute Gasteiger partial charge is 0.334 e. The van der Waals surface area contributed by atoms with Crippen molar-refractivity contribution >= 4 is 5.97 Å². The van der Waals surface area contributed by atoms with Crippen LogP contribution in [0.15, 0.2) is 23.8 Å². The Morgan fingerprint density at radius 3 is 1.70 bits per heavy atom. The predicted octanol–water partition coefficient (Wildman–Crippen LogP) is 8.90. The molecule has 2 aliphatic heterocycles. The van der Waals surface area contributed by atoms with Crippen LogP contribution in [0.25, 0.3) is 0 Å². The van der Waals surface area contributed by atoms with Crippen molar-refractivity contribution in [3.63, 3.8) is 0 Å². The monoisotopic (exact) mass is 562 g/mol. The zero-order valence-corrected chi connectivity index (χ0v) is 26.0. The second-order valence-corrected chi connectivity index (χ2v) is 12.4. The average molecular weight is 563 g/mol. The van der Waals surface area contributed by atoms with Gasteiger partial charge in [-0.1, -0.05) is 122 Å². The van der Waals surface area contributed by atoms with Gasteiger partial charge in [0.15, 0.2) is 0 Å². The van der Waals surface area contributed by atoms with Crippen LogP contribution in [-0.4, -0.2) is 46.7 Å². The minimum absolute atomic E-state index is 0.0782. The van der Waals surface area contributed by atoms with E-state index >= 15 is 0 Å². The maximum atomic E-state index is 11.6. The van der Waals surface area contributed by atoms with Gasteiger partial charge < -0.3 is 19.7 Å². The van der Waals surface area contributed by atoms with Gasteiger partial charge in [0.2, 0.25) is 0 Å². The average Bonchev–Trinajstić information content (AvgIpc) is 3.56. The molecule has 0 aromatic heterocycles. The van der Waals surface area contributed by atoms with E-state index in [1.807, 2.05) is 13.0 Å². The molecular weight excluding hydrogens is 500 g/mol. The molecule has 232 valence electrons. The minimum atomic E-state index is -0.397. The Labute approximate surface area is 246 Å². The number of aliphatic hydroxyl groups excluding tert-OH is 2. The summed E-state index contributed by atoms with van der Waals surface area (Å²) in [5, 5.41) is 21.2. The zero-order chi connectivity index (χ0) is 28.8. The van der Waals surface area contributed by atoms with Crippen molar-refractivity contribution in [3.05, 3.63) is 23.8 Å². The van der Waals surface area contributed by atoms with E-state index < -0.39 is 6.10 Å². The van der Waals surface area contributed by atoms with E-state index in [2.05, 4.69) is 19.1 Å². The van der Waals surface area contributed by atoms with Gasteiger partial charge in [0.05, 0.1) is 24.4 Å². The lowest BCUT2D eigenvalue weighted by molar-refractivity contribution is -0.139. The summed E-state index contributed by atoms with van der Waals surface area (Å²) in [7, 11) is 0. The summed E-state index contributed by atoms with van der Waals surface area (Å²) in [6.45, 7) is 4.16. The number of hydrogen-bond acceptors (Lipinski definition) is 5. The Morgan fingerprint density at radius 2 is 1.23 bits per heavy atom. The van der Waals surface area contributed by atoms with E-state index in [9.17, 15) is 15.0 Å². The first-order valence-electron chi connectivity index (χ1n) is 17.1. The quantitative estimate of drug-likeness (QED) is 0.0660. The Bertz CT molecular complexity index is 702. The van der Waals surface area contributed by atoms with Gasteiger partial charge in [-0.05, 0) is 57.9 Å². The fraction of sp³-hybridized carbons (Fsp3) is 0.857. The van der Waals surface area contributed by atoms with Crippen LogP contribution in [0.4, 0.5) is 0 Å². The molecule has 1 fully saturated rings. The van der Waals surface area contributed by atoms with Crippen LogP contribution < -0.4 is 0 Å². The van der Waals surface area contributed by atoms with Gasteiger partial charge in [-0.3, -0.25) is 0 Å². The third kappa shape index (κ3) is 15.7. The Hall–Kier alpha value is -1.17. The van der Waals surface area contributed by atoms with Gasteiger partial charge in [-0.25, -0.2) is 4.79 Å². The first kappa shape index (κ1) is 35.0. The number of rotatable bonds is 25. The fourth-order valence-corrected chi connectivity index (χ4v) is 6.08. The summed E-state index contributed by atoms with van der Waals surface area (Å²) in [5.74, 6) is -0.168. The first-order valence-corrected chi connectivity index (χ1v) is 17.1. The third-order valence-electron chi connectivity index (χ3n) is 8.66.